The number of rotatable bonds is 7. The molecule has 0 N–H and O–H groups in total. The predicted molar refractivity (Wildman–Crippen MR) is 136 cm³/mol. The van der Waals surface area contributed by atoms with Crippen molar-refractivity contribution < 1.29 is 4.79 Å². The number of hydrogen-bond acceptors (Lipinski definition) is 5. The lowest BCUT2D eigenvalue weighted by atomic mass is 10.1. The Kier molecular flexibility index (Phi) is 7.05. The average molecular weight is 465 g/mol. The summed E-state index contributed by atoms with van der Waals surface area (Å²) in [6.45, 7) is 4.70. The van der Waals surface area contributed by atoms with Crippen LogP contribution in [0.3, 0.4) is 0 Å². The van der Waals surface area contributed by atoms with E-state index in [0.717, 1.165) is 49.5 Å². The van der Waals surface area contributed by atoms with E-state index < -0.39 is 0 Å². The Morgan fingerprint density at radius 2 is 1.60 bits per heavy atom. The van der Waals surface area contributed by atoms with Gasteiger partial charge in [-0.2, -0.15) is 5.10 Å². The summed E-state index contributed by atoms with van der Waals surface area (Å²) in [5, 5.41) is 4.81. The van der Waals surface area contributed by atoms with Crippen LogP contribution in [0.15, 0.2) is 91.7 Å². The van der Waals surface area contributed by atoms with Crippen molar-refractivity contribution in [1.29, 1.82) is 0 Å². The van der Waals surface area contributed by atoms with Crippen LogP contribution < -0.4 is 0 Å². The Balaban J connectivity index is 1.26. The number of amides is 1. The van der Waals surface area contributed by atoms with Crippen molar-refractivity contribution in [2.75, 3.05) is 26.2 Å². The molecule has 0 bridgehead atoms. The first-order chi connectivity index (χ1) is 17.2. The Morgan fingerprint density at radius 1 is 0.829 bits per heavy atom. The highest BCUT2D eigenvalue weighted by Crippen LogP contribution is 2.23. The van der Waals surface area contributed by atoms with Crippen molar-refractivity contribution in [1.82, 2.24) is 29.5 Å². The number of piperazine rings is 1. The summed E-state index contributed by atoms with van der Waals surface area (Å²) in [5.74, 6) is 0.0292. The summed E-state index contributed by atoms with van der Waals surface area (Å²) in [4.78, 5) is 25.6. The largest absolute Gasteiger partial charge is 0.337 e. The van der Waals surface area contributed by atoms with Gasteiger partial charge in [0, 0.05) is 80.9 Å². The molecule has 0 spiro atoms. The summed E-state index contributed by atoms with van der Waals surface area (Å²) < 4.78 is 1.92. The van der Waals surface area contributed by atoms with E-state index in [4.69, 9.17) is 5.10 Å². The molecule has 7 nitrogen and oxygen atoms in total. The highest BCUT2D eigenvalue weighted by molar-refractivity contribution is 5.92. The van der Waals surface area contributed by atoms with Gasteiger partial charge in [0.25, 0.3) is 0 Å². The topological polar surface area (TPSA) is 67.2 Å². The smallest absolute Gasteiger partial charge is 0.246 e. The van der Waals surface area contributed by atoms with E-state index in [1.165, 1.54) is 11.1 Å². The number of carbonyl (C=O) groups is 1. The average Bonchev–Trinajstić information content (AvgIpc) is 3.32. The van der Waals surface area contributed by atoms with Gasteiger partial charge in [-0.25, -0.2) is 0 Å². The Hall–Kier alpha value is -4.10. The molecule has 35 heavy (non-hydrogen) atoms. The molecular weight excluding hydrogens is 436 g/mol. The third kappa shape index (κ3) is 5.88. The van der Waals surface area contributed by atoms with Gasteiger partial charge in [-0.3, -0.25) is 24.3 Å². The van der Waals surface area contributed by atoms with Crippen LogP contribution in [0.5, 0.6) is 0 Å². The second-order valence-electron chi connectivity index (χ2n) is 8.65. The molecule has 1 aliphatic rings. The first-order valence-corrected chi connectivity index (χ1v) is 11.8. The molecule has 0 atom stereocenters. The predicted octanol–water partition coefficient (Wildman–Crippen LogP) is 3.75. The lowest BCUT2D eigenvalue weighted by molar-refractivity contribution is -0.127. The van der Waals surface area contributed by atoms with Crippen molar-refractivity contribution in [2.24, 2.45) is 0 Å². The first-order valence-electron chi connectivity index (χ1n) is 11.8. The van der Waals surface area contributed by atoms with Crippen LogP contribution in [0.2, 0.25) is 0 Å². The molecule has 0 radical (unpaired) electrons. The van der Waals surface area contributed by atoms with Crippen LogP contribution in [-0.2, 0) is 17.9 Å². The highest BCUT2D eigenvalue weighted by atomic mass is 16.2. The second kappa shape index (κ2) is 10.9. The van der Waals surface area contributed by atoms with E-state index in [9.17, 15) is 4.79 Å². The number of benzene rings is 1. The van der Waals surface area contributed by atoms with E-state index in [2.05, 4.69) is 27.0 Å². The molecule has 0 saturated carbocycles. The molecule has 5 rings (SSSR count). The van der Waals surface area contributed by atoms with Crippen LogP contribution in [0, 0.1) is 0 Å². The fraction of sp³-hybridized carbons (Fsp3) is 0.214. The fourth-order valence-electron chi connectivity index (χ4n) is 4.28. The zero-order valence-corrected chi connectivity index (χ0v) is 19.6. The molecule has 1 aromatic carbocycles. The second-order valence-corrected chi connectivity index (χ2v) is 8.65. The van der Waals surface area contributed by atoms with Gasteiger partial charge >= 0.3 is 0 Å². The summed E-state index contributed by atoms with van der Waals surface area (Å²) in [6.07, 6.45) is 12.7. The zero-order chi connectivity index (χ0) is 23.9. The van der Waals surface area contributed by atoms with Crippen LogP contribution in [0.4, 0.5) is 0 Å². The lowest BCUT2D eigenvalue weighted by Crippen LogP contribution is -2.47. The molecular formula is C28H28N6O. The van der Waals surface area contributed by atoms with Crippen LogP contribution in [0.1, 0.15) is 16.7 Å². The third-order valence-corrected chi connectivity index (χ3v) is 6.16. The Bertz CT molecular complexity index is 1260. The van der Waals surface area contributed by atoms with Crippen molar-refractivity contribution in [3.63, 3.8) is 0 Å². The molecule has 1 amide bonds. The minimum absolute atomic E-state index is 0.0292. The van der Waals surface area contributed by atoms with Gasteiger partial charge < -0.3 is 4.90 Å². The minimum atomic E-state index is 0.0292. The molecule has 0 unspecified atom stereocenters. The molecule has 4 heterocycles. The van der Waals surface area contributed by atoms with Crippen molar-refractivity contribution in [3.8, 4) is 11.3 Å². The van der Waals surface area contributed by atoms with Crippen molar-refractivity contribution in [3.05, 3.63) is 108 Å². The molecule has 1 saturated heterocycles. The molecule has 3 aromatic heterocycles. The van der Waals surface area contributed by atoms with Crippen molar-refractivity contribution in [2.45, 2.75) is 13.1 Å². The monoisotopic (exact) mass is 464 g/mol. The fourth-order valence-corrected chi connectivity index (χ4v) is 4.28. The van der Waals surface area contributed by atoms with Crippen molar-refractivity contribution >= 4 is 12.0 Å². The van der Waals surface area contributed by atoms with Gasteiger partial charge in [-0.05, 0) is 41.5 Å². The molecule has 1 aliphatic heterocycles. The van der Waals surface area contributed by atoms with E-state index >= 15 is 0 Å². The van der Waals surface area contributed by atoms with E-state index in [1.807, 2.05) is 76.7 Å². The standard InChI is InChI=1S/C28H28N6O/c35-27(33-17-15-32(16-18-33)20-24-10-13-29-14-11-24)9-8-26-22-34(21-23-5-2-1-3-6-23)31-28(26)25-7-4-12-30-19-25/h1-14,19,22H,15-18,20-21H2/b9-8+. The van der Waals surface area contributed by atoms with E-state index in [-0.39, 0.29) is 5.91 Å². The summed E-state index contributed by atoms with van der Waals surface area (Å²) in [5.41, 5.74) is 5.06. The van der Waals surface area contributed by atoms with Gasteiger partial charge in [-0.15, -0.1) is 0 Å². The molecule has 0 aliphatic carbocycles. The van der Waals surface area contributed by atoms with Crippen LogP contribution >= 0.6 is 0 Å². The Morgan fingerprint density at radius 3 is 2.34 bits per heavy atom. The molecule has 1 fully saturated rings. The van der Waals surface area contributed by atoms with Crippen LogP contribution in [-0.4, -0.2) is 61.6 Å². The van der Waals surface area contributed by atoms with Crippen LogP contribution in [0.25, 0.3) is 17.3 Å². The van der Waals surface area contributed by atoms with Gasteiger partial charge in [0.15, 0.2) is 0 Å². The number of aromatic nitrogens is 4. The summed E-state index contributed by atoms with van der Waals surface area (Å²) in [6, 6.07) is 18.2. The molecule has 176 valence electrons. The number of hydrogen-bond donors (Lipinski definition) is 0. The first kappa shape index (κ1) is 22.7. The molecule has 7 heteroatoms. The highest BCUT2D eigenvalue weighted by Gasteiger charge is 2.20. The minimum Gasteiger partial charge on any atom is -0.337 e. The third-order valence-electron chi connectivity index (χ3n) is 6.16. The quantitative estimate of drug-likeness (QED) is 0.390. The number of carbonyl (C=O) groups excluding carboxylic acids is 1. The normalized spacial score (nSPS) is 14.5. The van der Waals surface area contributed by atoms with E-state index in [1.54, 1.807) is 18.5 Å². The summed E-state index contributed by atoms with van der Waals surface area (Å²) >= 11 is 0. The number of pyridine rings is 2. The number of nitrogens with zero attached hydrogens (tertiary/aromatic N) is 6. The Labute approximate surface area is 205 Å². The van der Waals surface area contributed by atoms with Gasteiger partial charge in [0.1, 0.15) is 5.69 Å². The van der Waals surface area contributed by atoms with Gasteiger partial charge in [-0.1, -0.05) is 30.3 Å². The van der Waals surface area contributed by atoms with E-state index in [0.29, 0.717) is 6.54 Å². The molecule has 4 aromatic rings. The SMILES string of the molecule is O=C(/C=C/c1cn(Cc2ccccc2)nc1-c1cccnc1)N1CCN(Cc2ccncc2)CC1. The van der Waals surface area contributed by atoms with Gasteiger partial charge in [0.05, 0.1) is 6.54 Å². The summed E-state index contributed by atoms with van der Waals surface area (Å²) in [7, 11) is 0. The lowest BCUT2D eigenvalue weighted by Gasteiger charge is -2.34. The maximum atomic E-state index is 13.0. The maximum absolute atomic E-state index is 13.0. The maximum Gasteiger partial charge on any atom is 0.246 e. The van der Waals surface area contributed by atoms with Gasteiger partial charge in [0.2, 0.25) is 5.91 Å². The zero-order valence-electron chi connectivity index (χ0n) is 19.6.